The Morgan fingerprint density at radius 3 is 2.33 bits per heavy atom. The van der Waals surface area contributed by atoms with E-state index >= 15 is 0 Å². The van der Waals surface area contributed by atoms with Crippen molar-refractivity contribution in [2.75, 3.05) is 6.26 Å². The molecule has 0 saturated heterocycles. The van der Waals surface area contributed by atoms with E-state index < -0.39 is 26.6 Å². The first kappa shape index (κ1) is 13.8. The van der Waals surface area contributed by atoms with Gasteiger partial charge in [0.25, 0.3) is 12.4 Å². The number of ether oxygens (including phenoxy) is 1. The summed E-state index contributed by atoms with van der Waals surface area (Å²) in [6.45, 7) is 2.34. The van der Waals surface area contributed by atoms with Crippen molar-refractivity contribution in [3.8, 4) is 0 Å². The number of hydrogen-bond acceptors (Lipinski definition) is 6. The Morgan fingerprint density at radius 1 is 1.60 bits per heavy atom. The summed E-state index contributed by atoms with van der Waals surface area (Å²) in [5, 5.41) is 8.44. The van der Waals surface area contributed by atoms with Crippen LogP contribution in [0.5, 0.6) is 0 Å². The first-order valence-corrected chi connectivity index (χ1v) is 5.84. The molecule has 0 aromatic carbocycles. The van der Waals surface area contributed by atoms with Crippen molar-refractivity contribution in [2.45, 2.75) is 24.7 Å². The van der Waals surface area contributed by atoms with Gasteiger partial charge >= 0.3 is 0 Å². The van der Waals surface area contributed by atoms with E-state index in [1.54, 1.807) is 0 Å². The zero-order valence-electron chi connectivity index (χ0n) is 8.55. The van der Waals surface area contributed by atoms with Crippen molar-refractivity contribution >= 4 is 22.2 Å². The summed E-state index contributed by atoms with van der Waals surface area (Å²) in [5.41, 5.74) is 1.24. The SMILES string of the molecule is CC(OC=O)C(C)(C(=O)NO)S(C)(=O)=O. The fourth-order valence-electron chi connectivity index (χ4n) is 0.979. The minimum Gasteiger partial charge on any atom is -0.463 e. The van der Waals surface area contributed by atoms with E-state index in [1.807, 2.05) is 0 Å². The lowest BCUT2D eigenvalue weighted by Crippen LogP contribution is -2.56. The highest BCUT2D eigenvalue weighted by atomic mass is 32.2. The summed E-state index contributed by atoms with van der Waals surface area (Å²) in [6.07, 6.45) is -0.399. The number of carbonyl (C=O) groups is 2. The van der Waals surface area contributed by atoms with Crippen molar-refractivity contribution in [3.63, 3.8) is 0 Å². The summed E-state index contributed by atoms with van der Waals surface area (Å²) < 4.78 is 25.2. The van der Waals surface area contributed by atoms with E-state index in [-0.39, 0.29) is 6.47 Å². The molecule has 0 heterocycles. The maximum Gasteiger partial charge on any atom is 0.293 e. The number of hydroxylamine groups is 1. The molecule has 0 aliphatic rings. The molecule has 0 aromatic rings. The van der Waals surface area contributed by atoms with Crippen LogP contribution in [-0.2, 0) is 24.2 Å². The molecule has 0 fully saturated rings. The van der Waals surface area contributed by atoms with Crippen LogP contribution in [0.15, 0.2) is 0 Å². The lowest BCUT2D eigenvalue weighted by atomic mass is 10.0. The summed E-state index contributed by atoms with van der Waals surface area (Å²) >= 11 is 0. The van der Waals surface area contributed by atoms with Crippen LogP contribution in [0.4, 0.5) is 0 Å². The van der Waals surface area contributed by atoms with Gasteiger partial charge in [0, 0.05) is 6.26 Å². The first-order chi connectivity index (χ1) is 6.71. The molecule has 0 saturated carbocycles. The topological polar surface area (TPSA) is 110 Å². The van der Waals surface area contributed by atoms with Crippen LogP contribution in [0.25, 0.3) is 0 Å². The molecule has 0 radical (unpaired) electrons. The van der Waals surface area contributed by atoms with E-state index in [0.717, 1.165) is 13.2 Å². The predicted octanol–water partition coefficient (Wildman–Crippen LogP) is -1.14. The molecule has 8 heteroatoms. The average Bonchev–Trinajstić information content (AvgIpc) is 2.13. The van der Waals surface area contributed by atoms with Crippen molar-refractivity contribution < 1.29 is 28.0 Å². The Labute approximate surface area is 87.3 Å². The smallest absolute Gasteiger partial charge is 0.293 e. The van der Waals surface area contributed by atoms with Gasteiger partial charge in [-0.2, -0.15) is 0 Å². The molecule has 2 unspecified atom stereocenters. The van der Waals surface area contributed by atoms with Crippen molar-refractivity contribution in [1.29, 1.82) is 0 Å². The van der Waals surface area contributed by atoms with Crippen molar-refractivity contribution in [2.24, 2.45) is 0 Å². The van der Waals surface area contributed by atoms with E-state index in [2.05, 4.69) is 4.74 Å². The molecule has 2 atom stereocenters. The lowest BCUT2D eigenvalue weighted by Gasteiger charge is -2.29. The first-order valence-electron chi connectivity index (χ1n) is 3.95. The highest BCUT2D eigenvalue weighted by Crippen LogP contribution is 2.23. The molecule has 0 rings (SSSR count). The largest absolute Gasteiger partial charge is 0.463 e. The van der Waals surface area contributed by atoms with Gasteiger partial charge in [-0.25, -0.2) is 13.9 Å². The Morgan fingerprint density at radius 2 is 2.07 bits per heavy atom. The van der Waals surface area contributed by atoms with Crippen molar-refractivity contribution in [3.05, 3.63) is 0 Å². The van der Waals surface area contributed by atoms with Gasteiger partial charge in [-0.3, -0.25) is 14.8 Å². The van der Waals surface area contributed by atoms with Gasteiger partial charge in [0.1, 0.15) is 6.10 Å². The second kappa shape index (κ2) is 4.58. The van der Waals surface area contributed by atoms with Gasteiger partial charge in [0.05, 0.1) is 0 Å². The van der Waals surface area contributed by atoms with Crippen LogP contribution in [0.1, 0.15) is 13.8 Å². The van der Waals surface area contributed by atoms with Crippen LogP contribution >= 0.6 is 0 Å². The van der Waals surface area contributed by atoms with Crippen LogP contribution in [0.2, 0.25) is 0 Å². The number of sulfone groups is 1. The van der Waals surface area contributed by atoms with E-state index in [4.69, 9.17) is 5.21 Å². The second-order valence-corrected chi connectivity index (χ2v) is 5.59. The summed E-state index contributed by atoms with van der Waals surface area (Å²) in [7, 11) is -3.85. The van der Waals surface area contributed by atoms with Crippen molar-refractivity contribution in [1.82, 2.24) is 5.48 Å². The quantitative estimate of drug-likeness (QED) is 0.356. The summed E-state index contributed by atoms with van der Waals surface area (Å²) in [6, 6.07) is 0. The van der Waals surface area contributed by atoms with Gasteiger partial charge in [-0.15, -0.1) is 0 Å². The Balaban J connectivity index is 5.40. The van der Waals surface area contributed by atoms with E-state index in [0.29, 0.717) is 0 Å². The molecule has 0 aliphatic carbocycles. The van der Waals surface area contributed by atoms with Gasteiger partial charge in [-0.1, -0.05) is 0 Å². The van der Waals surface area contributed by atoms with Gasteiger partial charge in [-0.05, 0) is 13.8 Å². The van der Waals surface area contributed by atoms with Crippen LogP contribution in [0.3, 0.4) is 0 Å². The van der Waals surface area contributed by atoms with E-state index in [9.17, 15) is 18.0 Å². The molecular formula is C7H13NO6S. The predicted molar refractivity (Wildman–Crippen MR) is 49.8 cm³/mol. The molecule has 0 bridgehead atoms. The maximum absolute atomic E-state index is 11.4. The minimum absolute atomic E-state index is 0.0404. The number of hydrogen-bond donors (Lipinski definition) is 2. The third-order valence-electron chi connectivity index (χ3n) is 2.36. The fraction of sp³-hybridized carbons (Fsp3) is 0.714. The summed E-state index contributed by atoms with van der Waals surface area (Å²) in [4.78, 5) is 21.3. The monoisotopic (exact) mass is 239 g/mol. The fourth-order valence-corrected chi connectivity index (χ4v) is 2.02. The Hall–Kier alpha value is -1.15. The number of rotatable bonds is 5. The Bertz CT molecular complexity index is 350. The molecule has 1 amide bonds. The maximum atomic E-state index is 11.4. The zero-order valence-corrected chi connectivity index (χ0v) is 9.37. The van der Waals surface area contributed by atoms with Crippen LogP contribution in [-0.4, -0.2) is 43.1 Å². The molecular weight excluding hydrogens is 226 g/mol. The normalized spacial score (nSPS) is 17.3. The van der Waals surface area contributed by atoms with E-state index in [1.165, 1.54) is 12.4 Å². The summed E-state index contributed by atoms with van der Waals surface area (Å²) in [5.74, 6) is -1.15. The van der Waals surface area contributed by atoms with Gasteiger partial charge < -0.3 is 4.74 Å². The second-order valence-electron chi connectivity index (χ2n) is 3.19. The molecule has 2 N–H and O–H groups in total. The number of carbonyl (C=O) groups excluding carboxylic acids is 2. The standard InChI is InChI=1S/C7H13NO6S/c1-5(14-4-9)7(2,6(10)8-11)15(3,12)13/h4-5,11H,1-3H3,(H,8,10). The number of amides is 1. The lowest BCUT2D eigenvalue weighted by molar-refractivity contribution is -0.141. The Kier molecular flexibility index (Phi) is 4.23. The average molecular weight is 239 g/mol. The third kappa shape index (κ3) is 2.45. The molecule has 88 valence electrons. The van der Waals surface area contributed by atoms with Gasteiger partial charge in [0.2, 0.25) is 0 Å². The van der Waals surface area contributed by atoms with Crippen LogP contribution < -0.4 is 5.48 Å². The molecule has 15 heavy (non-hydrogen) atoms. The molecule has 0 spiro atoms. The highest BCUT2D eigenvalue weighted by Gasteiger charge is 2.50. The molecule has 0 aliphatic heterocycles. The van der Waals surface area contributed by atoms with Gasteiger partial charge in [0.15, 0.2) is 14.6 Å². The molecule has 7 nitrogen and oxygen atoms in total. The minimum atomic E-state index is -3.85. The third-order valence-corrected chi connectivity index (χ3v) is 4.42. The number of nitrogens with one attached hydrogen (secondary N) is 1. The molecule has 0 aromatic heterocycles. The zero-order chi connectivity index (χ0) is 12.3. The van der Waals surface area contributed by atoms with Crippen LogP contribution in [0, 0.1) is 0 Å². The highest BCUT2D eigenvalue weighted by molar-refractivity contribution is 7.92.